The minimum atomic E-state index is -0.817. The van der Waals surface area contributed by atoms with Crippen LogP contribution in [0.2, 0.25) is 0 Å². The van der Waals surface area contributed by atoms with Gasteiger partial charge in [-0.05, 0) is 34.6 Å². The van der Waals surface area contributed by atoms with Crippen LogP contribution < -0.4 is 0 Å². The Morgan fingerprint density at radius 1 is 1.50 bits per heavy atom. The molecule has 1 saturated carbocycles. The lowest BCUT2D eigenvalue weighted by atomic mass is 9.84. The Labute approximate surface area is 106 Å². The van der Waals surface area contributed by atoms with Gasteiger partial charge in [0.2, 0.25) is 0 Å². The average molecular weight is 252 g/mol. The highest BCUT2D eigenvalue weighted by atomic mass is 16.4. The molecule has 0 radical (unpaired) electrons. The molecule has 18 heavy (non-hydrogen) atoms. The molecule has 0 amide bonds. The fourth-order valence-corrected chi connectivity index (χ4v) is 2.09. The van der Waals surface area contributed by atoms with E-state index in [2.05, 4.69) is 15.5 Å². The van der Waals surface area contributed by atoms with Gasteiger partial charge in [0.05, 0.1) is 12.5 Å². The van der Waals surface area contributed by atoms with Crippen LogP contribution in [0.3, 0.4) is 0 Å². The molecule has 1 unspecified atom stereocenters. The molecule has 1 heterocycles. The summed E-state index contributed by atoms with van der Waals surface area (Å²) in [5.74, 6) is 0.682. The van der Waals surface area contributed by atoms with Gasteiger partial charge >= 0.3 is 5.97 Å². The van der Waals surface area contributed by atoms with Gasteiger partial charge in [0.25, 0.3) is 0 Å². The Bertz CT molecular complexity index is 432. The standard InChI is InChI=1S/C12H20N4O2/c1-12(2,3)9(7-11(17)18)16-10(13-14-15-16)6-8-4-5-8/h8-9H,4-7H2,1-3H3,(H,17,18). The summed E-state index contributed by atoms with van der Waals surface area (Å²) in [4.78, 5) is 11.0. The molecule has 100 valence electrons. The molecule has 1 atom stereocenters. The lowest BCUT2D eigenvalue weighted by molar-refractivity contribution is -0.138. The van der Waals surface area contributed by atoms with Crippen LogP contribution in [0.4, 0.5) is 0 Å². The quantitative estimate of drug-likeness (QED) is 0.862. The van der Waals surface area contributed by atoms with Gasteiger partial charge < -0.3 is 5.11 Å². The number of aliphatic carboxylic acids is 1. The van der Waals surface area contributed by atoms with E-state index in [-0.39, 0.29) is 17.9 Å². The second-order valence-electron chi connectivity index (χ2n) is 6.17. The molecule has 0 aliphatic heterocycles. The summed E-state index contributed by atoms with van der Waals surface area (Å²) in [6.45, 7) is 6.05. The third-order valence-electron chi connectivity index (χ3n) is 3.39. The summed E-state index contributed by atoms with van der Waals surface area (Å²) in [5, 5.41) is 20.8. The van der Waals surface area contributed by atoms with E-state index in [1.807, 2.05) is 20.8 Å². The van der Waals surface area contributed by atoms with Crippen molar-refractivity contribution in [1.82, 2.24) is 20.2 Å². The molecule has 0 spiro atoms. The second kappa shape index (κ2) is 4.66. The number of hydrogen-bond acceptors (Lipinski definition) is 4. The fraction of sp³-hybridized carbons (Fsp3) is 0.833. The minimum Gasteiger partial charge on any atom is -0.481 e. The Kier molecular flexibility index (Phi) is 3.36. The fourth-order valence-electron chi connectivity index (χ4n) is 2.09. The zero-order chi connectivity index (χ0) is 13.3. The SMILES string of the molecule is CC(C)(C)C(CC(=O)O)n1nnnc1CC1CC1. The highest BCUT2D eigenvalue weighted by Gasteiger charge is 2.33. The van der Waals surface area contributed by atoms with Gasteiger partial charge in [-0.3, -0.25) is 4.79 Å². The molecule has 6 heteroatoms. The number of carboxylic acid groups (broad SMARTS) is 1. The molecule has 0 aromatic carbocycles. The summed E-state index contributed by atoms with van der Waals surface area (Å²) in [7, 11) is 0. The number of nitrogens with zero attached hydrogens (tertiary/aromatic N) is 4. The minimum absolute atomic E-state index is 0.0478. The zero-order valence-corrected chi connectivity index (χ0v) is 11.1. The highest BCUT2D eigenvalue weighted by molar-refractivity contribution is 5.67. The predicted molar refractivity (Wildman–Crippen MR) is 65.0 cm³/mol. The number of tetrazole rings is 1. The van der Waals surface area contributed by atoms with Gasteiger partial charge in [0.1, 0.15) is 0 Å². The summed E-state index contributed by atoms with van der Waals surface area (Å²) < 4.78 is 1.71. The number of rotatable bonds is 5. The maximum absolute atomic E-state index is 11.0. The molecule has 1 aromatic rings. The maximum atomic E-state index is 11.0. The van der Waals surface area contributed by atoms with Crippen LogP contribution in [0.1, 0.15) is 51.9 Å². The van der Waals surface area contributed by atoms with Crippen LogP contribution in [0, 0.1) is 11.3 Å². The predicted octanol–water partition coefficient (Wildman–Crippen LogP) is 1.69. The Morgan fingerprint density at radius 3 is 2.67 bits per heavy atom. The maximum Gasteiger partial charge on any atom is 0.305 e. The van der Waals surface area contributed by atoms with Crippen molar-refractivity contribution in [2.45, 2.75) is 52.5 Å². The summed E-state index contributed by atoms with van der Waals surface area (Å²) >= 11 is 0. The summed E-state index contributed by atoms with van der Waals surface area (Å²) in [6, 6.07) is -0.209. The van der Waals surface area contributed by atoms with Crippen molar-refractivity contribution in [3.63, 3.8) is 0 Å². The molecular weight excluding hydrogens is 232 g/mol. The second-order valence-corrected chi connectivity index (χ2v) is 6.17. The van der Waals surface area contributed by atoms with E-state index < -0.39 is 5.97 Å². The van der Waals surface area contributed by atoms with Crippen molar-refractivity contribution in [2.24, 2.45) is 11.3 Å². The topological polar surface area (TPSA) is 80.9 Å². The molecule has 1 aliphatic carbocycles. The van der Waals surface area contributed by atoms with Crippen LogP contribution in [0.15, 0.2) is 0 Å². The molecular formula is C12H20N4O2. The van der Waals surface area contributed by atoms with Gasteiger partial charge in [0, 0.05) is 6.42 Å². The van der Waals surface area contributed by atoms with Crippen molar-refractivity contribution in [1.29, 1.82) is 0 Å². The van der Waals surface area contributed by atoms with Crippen molar-refractivity contribution in [2.75, 3.05) is 0 Å². The Hall–Kier alpha value is -1.46. The molecule has 1 fully saturated rings. The van der Waals surface area contributed by atoms with Crippen molar-refractivity contribution < 1.29 is 9.90 Å². The van der Waals surface area contributed by atoms with Gasteiger partial charge in [-0.2, -0.15) is 0 Å². The average Bonchev–Trinajstić information content (AvgIpc) is 2.91. The number of carboxylic acids is 1. The van der Waals surface area contributed by atoms with E-state index in [0.29, 0.717) is 5.92 Å². The normalized spacial score (nSPS) is 17.7. The van der Waals surface area contributed by atoms with Crippen molar-refractivity contribution in [3.05, 3.63) is 5.82 Å². The first-order chi connectivity index (χ1) is 8.38. The van der Waals surface area contributed by atoms with Gasteiger partial charge in [-0.25, -0.2) is 4.68 Å². The third-order valence-corrected chi connectivity index (χ3v) is 3.39. The zero-order valence-electron chi connectivity index (χ0n) is 11.1. The molecule has 6 nitrogen and oxygen atoms in total. The Morgan fingerprint density at radius 2 is 2.17 bits per heavy atom. The van der Waals surface area contributed by atoms with E-state index in [1.54, 1.807) is 4.68 Å². The first kappa shape index (κ1) is 13.0. The third kappa shape index (κ3) is 3.05. The number of carbonyl (C=O) groups is 1. The molecule has 1 N–H and O–H groups in total. The van der Waals surface area contributed by atoms with Gasteiger partial charge in [-0.1, -0.05) is 20.8 Å². The first-order valence-corrected chi connectivity index (χ1v) is 6.36. The summed E-state index contributed by atoms with van der Waals surface area (Å²) in [5.41, 5.74) is -0.188. The van der Waals surface area contributed by atoms with E-state index in [4.69, 9.17) is 5.11 Å². The molecule has 2 rings (SSSR count). The smallest absolute Gasteiger partial charge is 0.305 e. The van der Waals surface area contributed by atoms with E-state index in [9.17, 15) is 4.79 Å². The summed E-state index contributed by atoms with van der Waals surface area (Å²) in [6.07, 6.45) is 3.36. The van der Waals surface area contributed by atoms with E-state index in [1.165, 1.54) is 12.8 Å². The molecule has 0 saturated heterocycles. The lowest BCUT2D eigenvalue weighted by Gasteiger charge is -2.29. The largest absolute Gasteiger partial charge is 0.481 e. The first-order valence-electron chi connectivity index (χ1n) is 6.36. The number of aromatic nitrogens is 4. The van der Waals surface area contributed by atoms with Gasteiger partial charge in [-0.15, -0.1) is 5.10 Å². The van der Waals surface area contributed by atoms with E-state index in [0.717, 1.165) is 12.2 Å². The molecule has 1 aliphatic rings. The van der Waals surface area contributed by atoms with Crippen LogP contribution >= 0.6 is 0 Å². The van der Waals surface area contributed by atoms with Crippen LogP contribution in [0.25, 0.3) is 0 Å². The van der Waals surface area contributed by atoms with Crippen molar-refractivity contribution >= 4 is 5.97 Å². The highest BCUT2D eigenvalue weighted by Crippen LogP contribution is 2.36. The number of hydrogen-bond donors (Lipinski definition) is 1. The monoisotopic (exact) mass is 252 g/mol. The van der Waals surface area contributed by atoms with E-state index >= 15 is 0 Å². The molecule has 1 aromatic heterocycles. The van der Waals surface area contributed by atoms with Crippen LogP contribution in [-0.2, 0) is 11.2 Å². The van der Waals surface area contributed by atoms with Crippen molar-refractivity contribution in [3.8, 4) is 0 Å². The van der Waals surface area contributed by atoms with Gasteiger partial charge in [0.15, 0.2) is 5.82 Å². The lowest BCUT2D eigenvalue weighted by Crippen LogP contribution is -2.29. The van der Waals surface area contributed by atoms with Crippen LogP contribution in [0.5, 0.6) is 0 Å². The van der Waals surface area contributed by atoms with Crippen LogP contribution in [-0.4, -0.2) is 31.3 Å². The Balaban J connectivity index is 2.23. The molecule has 0 bridgehead atoms.